The Balaban J connectivity index is 2.72. The minimum atomic E-state index is -0.442. The van der Waals surface area contributed by atoms with E-state index in [1.165, 1.54) is 4.68 Å². The van der Waals surface area contributed by atoms with Crippen LogP contribution in [-0.4, -0.2) is 26.7 Å². The summed E-state index contributed by atoms with van der Waals surface area (Å²) in [5.41, 5.74) is 0.885. The monoisotopic (exact) mass is 254 g/mol. The van der Waals surface area contributed by atoms with Crippen LogP contribution in [0.5, 0.6) is 0 Å². The van der Waals surface area contributed by atoms with Crippen molar-refractivity contribution < 1.29 is 9.72 Å². The maximum atomic E-state index is 11.5. The van der Waals surface area contributed by atoms with Gasteiger partial charge in [0.05, 0.1) is 11.5 Å². The topological polar surface area (TPSA) is 90.1 Å². The van der Waals surface area contributed by atoms with Gasteiger partial charge in [-0.3, -0.25) is 19.6 Å². The maximum absolute atomic E-state index is 11.5. The van der Waals surface area contributed by atoms with Gasteiger partial charge in [-0.25, -0.2) is 0 Å². The average molecular weight is 254 g/mol. The molecule has 0 aromatic carbocycles. The van der Waals surface area contributed by atoms with Gasteiger partial charge in [0.2, 0.25) is 5.91 Å². The zero-order chi connectivity index (χ0) is 13.9. The zero-order valence-corrected chi connectivity index (χ0v) is 11.1. The molecule has 1 N–H and O–H groups in total. The fraction of sp³-hybridized carbons (Fsp3) is 0.636. The van der Waals surface area contributed by atoms with Gasteiger partial charge in [-0.15, -0.1) is 0 Å². The van der Waals surface area contributed by atoms with Gasteiger partial charge in [-0.2, -0.15) is 5.10 Å². The van der Waals surface area contributed by atoms with Crippen LogP contribution in [0.4, 0.5) is 5.69 Å². The Morgan fingerprint density at radius 2 is 2.11 bits per heavy atom. The molecule has 1 rings (SSSR count). The fourth-order valence-electron chi connectivity index (χ4n) is 1.77. The normalized spacial score (nSPS) is 10.7. The number of nitrogens with one attached hydrogen (secondary N) is 1. The van der Waals surface area contributed by atoms with Gasteiger partial charge >= 0.3 is 5.69 Å². The standard InChI is InChI=1S/C11H18N4O3/c1-7(2)12-10(16)5-6-14-9(4)11(15(17)18)8(3)13-14/h7H,5-6H2,1-4H3,(H,12,16). The molecule has 0 saturated carbocycles. The number of carbonyl (C=O) groups is 1. The van der Waals surface area contributed by atoms with E-state index in [9.17, 15) is 14.9 Å². The van der Waals surface area contributed by atoms with Crippen molar-refractivity contribution in [3.8, 4) is 0 Å². The lowest BCUT2D eigenvalue weighted by Crippen LogP contribution is -2.30. The van der Waals surface area contributed by atoms with Crippen molar-refractivity contribution in [2.45, 2.75) is 46.7 Å². The first kappa shape index (κ1) is 14.1. The lowest BCUT2D eigenvalue weighted by Gasteiger charge is -2.08. The largest absolute Gasteiger partial charge is 0.354 e. The van der Waals surface area contributed by atoms with E-state index < -0.39 is 4.92 Å². The first-order valence-corrected chi connectivity index (χ1v) is 5.80. The summed E-state index contributed by atoms with van der Waals surface area (Å²) in [7, 11) is 0. The molecule has 0 radical (unpaired) electrons. The van der Waals surface area contributed by atoms with E-state index in [-0.39, 0.29) is 24.1 Å². The first-order chi connectivity index (χ1) is 8.32. The highest BCUT2D eigenvalue weighted by atomic mass is 16.6. The minimum Gasteiger partial charge on any atom is -0.354 e. The Morgan fingerprint density at radius 3 is 2.56 bits per heavy atom. The lowest BCUT2D eigenvalue weighted by molar-refractivity contribution is -0.386. The number of aromatic nitrogens is 2. The van der Waals surface area contributed by atoms with E-state index in [0.717, 1.165) is 0 Å². The molecule has 0 spiro atoms. The van der Waals surface area contributed by atoms with Crippen molar-refractivity contribution in [3.63, 3.8) is 0 Å². The van der Waals surface area contributed by atoms with Gasteiger partial charge in [-0.05, 0) is 27.7 Å². The summed E-state index contributed by atoms with van der Waals surface area (Å²) >= 11 is 0. The molecule has 0 aliphatic heterocycles. The van der Waals surface area contributed by atoms with E-state index >= 15 is 0 Å². The molecular weight excluding hydrogens is 236 g/mol. The first-order valence-electron chi connectivity index (χ1n) is 5.80. The van der Waals surface area contributed by atoms with Crippen molar-refractivity contribution >= 4 is 11.6 Å². The third kappa shape index (κ3) is 3.28. The van der Waals surface area contributed by atoms with Crippen LogP contribution < -0.4 is 5.32 Å². The second-order valence-electron chi connectivity index (χ2n) is 4.47. The second-order valence-corrected chi connectivity index (χ2v) is 4.47. The predicted molar refractivity (Wildman–Crippen MR) is 66.3 cm³/mol. The van der Waals surface area contributed by atoms with Crippen LogP contribution in [0.15, 0.2) is 0 Å². The number of carbonyl (C=O) groups excluding carboxylic acids is 1. The molecule has 7 nitrogen and oxygen atoms in total. The zero-order valence-electron chi connectivity index (χ0n) is 11.1. The van der Waals surface area contributed by atoms with Crippen LogP contribution in [0.25, 0.3) is 0 Å². The number of nitrogens with zero attached hydrogens (tertiary/aromatic N) is 3. The minimum absolute atomic E-state index is 0.0271. The SMILES string of the molecule is Cc1nn(CCC(=O)NC(C)C)c(C)c1[N+](=O)[O-]. The van der Waals surface area contributed by atoms with E-state index in [2.05, 4.69) is 10.4 Å². The number of amides is 1. The molecule has 0 bridgehead atoms. The number of rotatable bonds is 5. The van der Waals surface area contributed by atoms with Gasteiger partial charge in [0.1, 0.15) is 11.4 Å². The Hall–Kier alpha value is -1.92. The van der Waals surface area contributed by atoms with Crippen LogP contribution >= 0.6 is 0 Å². The quantitative estimate of drug-likeness (QED) is 0.633. The fourth-order valence-corrected chi connectivity index (χ4v) is 1.77. The number of aryl methyl sites for hydroxylation is 2. The van der Waals surface area contributed by atoms with Crippen LogP contribution in [0.1, 0.15) is 31.7 Å². The average Bonchev–Trinajstić information content (AvgIpc) is 2.49. The predicted octanol–water partition coefficient (Wildman–Crippen LogP) is 1.32. The van der Waals surface area contributed by atoms with Gasteiger partial charge in [0, 0.05) is 12.5 Å². The molecule has 0 aliphatic rings. The number of nitro groups is 1. The van der Waals surface area contributed by atoms with Crippen molar-refractivity contribution in [2.75, 3.05) is 0 Å². The molecule has 0 aliphatic carbocycles. The molecular formula is C11H18N4O3. The number of hydrogen-bond donors (Lipinski definition) is 1. The van der Waals surface area contributed by atoms with Gasteiger partial charge < -0.3 is 5.32 Å². The van der Waals surface area contributed by atoms with E-state index in [1.807, 2.05) is 13.8 Å². The summed E-state index contributed by atoms with van der Waals surface area (Å²) in [5.74, 6) is -0.0831. The third-order valence-corrected chi connectivity index (χ3v) is 2.53. The Labute approximate surface area is 105 Å². The van der Waals surface area contributed by atoms with Crippen LogP contribution in [0, 0.1) is 24.0 Å². The van der Waals surface area contributed by atoms with Crippen molar-refractivity contribution in [3.05, 3.63) is 21.5 Å². The molecule has 100 valence electrons. The van der Waals surface area contributed by atoms with Crippen molar-refractivity contribution in [1.82, 2.24) is 15.1 Å². The highest BCUT2D eigenvalue weighted by Gasteiger charge is 2.21. The Bertz CT molecular complexity index is 465. The molecule has 1 heterocycles. The summed E-state index contributed by atoms with van der Waals surface area (Å²) in [6.45, 7) is 7.34. The summed E-state index contributed by atoms with van der Waals surface area (Å²) in [6, 6.07) is 0.0901. The smallest absolute Gasteiger partial charge is 0.312 e. The van der Waals surface area contributed by atoms with Crippen LogP contribution in [0.2, 0.25) is 0 Å². The summed E-state index contributed by atoms with van der Waals surface area (Å²) in [4.78, 5) is 21.8. The lowest BCUT2D eigenvalue weighted by atomic mass is 10.3. The maximum Gasteiger partial charge on any atom is 0.312 e. The van der Waals surface area contributed by atoms with Gasteiger partial charge in [0.15, 0.2) is 0 Å². The van der Waals surface area contributed by atoms with E-state index in [4.69, 9.17) is 0 Å². The van der Waals surface area contributed by atoms with Crippen molar-refractivity contribution in [2.24, 2.45) is 0 Å². The van der Waals surface area contributed by atoms with E-state index in [1.54, 1.807) is 13.8 Å². The Morgan fingerprint density at radius 1 is 1.50 bits per heavy atom. The highest BCUT2D eigenvalue weighted by Crippen LogP contribution is 2.21. The summed E-state index contributed by atoms with van der Waals surface area (Å²) in [5, 5.41) is 17.7. The number of hydrogen-bond acceptors (Lipinski definition) is 4. The molecule has 1 aromatic heterocycles. The molecule has 1 amide bonds. The molecule has 1 aromatic rings. The molecule has 0 fully saturated rings. The van der Waals surface area contributed by atoms with Gasteiger partial charge in [-0.1, -0.05) is 0 Å². The molecule has 7 heteroatoms. The summed E-state index contributed by atoms with van der Waals surface area (Å²) in [6.07, 6.45) is 0.261. The summed E-state index contributed by atoms with van der Waals surface area (Å²) < 4.78 is 1.51. The molecule has 0 saturated heterocycles. The third-order valence-electron chi connectivity index (χ3n) is 2.53. The van der Waals surface area contributed by atoms with Crippen LogP contribution in [0.3, 0.4) is 0 Å². The van der Waals surface area contributed by atoms with Gasteiger partial charge in [0.25, 0.3) is 0 Å². The van der Waals surface area contributed by atoms with Crippen LogP contribution in [-0.2, 0) is 11.3 Å². The Kier molecular flexibility index (Phi) is 4.41. The van der Waals surface area contributed by atoms with Crippen molar-refractivity contribution in [1.29, 1.82) is 0 Å². The highest BCUT2D eigenvalue weighted by molar-refractivity contribution is 5.76. The molecule has 0 atom stereocenters. The van der Waals surface area contributed by atoms with E-state index in [0.29, 0.717) is 17.9 Å². The second kappa shape index (κ2) is 5.61. The molecule has 18 heavy (non-hydrogen) atoms. The molecule has 0 unspecified atom stereocenters.